The summed E-state index contributed by atoms with van der Waals surface area (Å²) < 4.78 is 10.5. The Labute approximate surface area is 125 Å². The lowest BCUT2D eigenvalue weighted by molar-refractivity contribution is 0.0953. The molecule has 0 aromatic heterocycles. The zero-order valence-corrected chi connectivity index (χ0v) is 12.6. The largest absolute Gasteiger partial charge is 0.454 e. The number of amides is 1. The molecule has 21 heavy (non-hydrogen) atoms. The normalized spacial score (nSPS) is 12.4. The molecular formula is C16H24N2O3. The number of unbranched alkanes of at least 4 members (excludes halogenated alkanes) is 5. The maximum Gasteiger partial charge on any atom is 0.253 e. The van der Waals surface area contributed by atoms with Crippen molar-refractivity contribution in [3.8, 4) is 11.5 Å². The van der Waals surface area contributed by atoms with Gasteiger partial charge in [0.15, 0.2) is 11.5 Å². The van der Waals surface area contributed by atoms with Crippen LogP contribution in [0.1, 0.15) is 55.8 Å². The van der Waals surface area contributed by atoms with Gasteiger partial charge in [0.2, 0.25) is 6.79 Å². The summed E-state index contributed by atoms with van der Waals surface area (Å²) in [7, 11) is 0. The molecule has 0 fully saturated rings. The first-order valence-electron chi connectivity index (χ1n) is 7.69. The van der Waals surface area contributed by atoms with Crippen LogP contribution in [0.25, 0.3) is 0 Å². The van der Waals surface area contributed by atoms with Crippen molar-refractivity contribution in [1.29, 1.82) is 0 Å². The van der Waals surface area contributed by atoms with Gasteiger partial charge in [0, 0.05) is 18.3 Å². The summed E-state index contributed by atoms with van der Waals surface area (Å²) in [6, 6.07) is 3.29. The SMILES string of the molecule is CCCCCCCCNC(=O)c1cc2c(cc1N)OCO2. The third kappa shape index (κ3) is 4.28. The molecule has 0 unspecified atom stereocenters. The van der Waals surface area contributed by atoms with E-state index >= 15 is 0 Å². The summed E-state index contributed by atoms with van der Waals surface area (Å²) >= 11 is 0. The highest BCUT2D eigenvalue weighted by atomic mass is 16.7. The van der Waals surface area contributed by atoms with E-state index in [0.717, 1.165) is 12.8 Å². The molecule has 0 saturated carbocycles. The van der Waals surface area contributed by atoms with Crippen molar-refractivity contribution in [3.05, 3.63) is 17.7 Å². The number of rotatable bonds is 8. The molecule has 3 N–H and O–H groups in total. The lowest BCUT2D eigenvalue weighted by Crippen LogP contribution is -2.25. The molecule has 1 heterocycles. The average molecular weight is 292 g/mol. The Morgan fingerprint density at radius 1 is 1.14 bits per heavy atom. The van der Waals surface area contributed by atoms with Crippen molar-refractivity contribution in [2.75, 3.05) is 19.1 Å². The molecule has 1 aliphatic heterocycles. The number of ether oxygens (including phenoxy) is 2. The van der Waals surface area contributed by atoms with E-state index in [9.17, 15) is 4.79 Å². The van der Waals surface area contributed by atoms with Gasteiger partial charge in [-0.25, -0.2) is 0 Å². The van der Waals surface area contributed by atoms with E-state index in [1.165, 1.54) is 25.7 Å². The number of carbonyl (C=O) groups excluding carboxylic acids is 1. The Balaban J connectivity index is 1.76. The Morgan fingerprint density at radius 2 is 1.81 bits per heavy atom. The fraction of sp³-hybridized carbons (Fsp3) is 0.562. The fourth-order valence-electron chi connectivity index (χ4n) is 2.36. The van der Waals surface area contributed by atoms with Crippen LogP contribution in [-0.4, -0.2) is 19.2 Å². The molecule has 116 valence electrons. The van der Waals surface area contributed by atoms with Crippen LogP contribution in [0.3, 0.4) is 0 Å². The summed E-state index contributed by atoms with van der Waals surface area (Å²) in [4.78, 5) is 12.1. The molecule has 1 amide bonds. The second-order valence-corrected chi connectivity index (χ2v) is 5.32. The minimum atomic E-state index is -0.153. The van der Waals surface area contributed by atoms with E-state index in [4.69, 9.17) is 15.2 Å². The zero-order valence-electron chi connectivity index (χ0n) is 12.6. The van der Waals surface area contributed by atoms with Gasteiger partial charge in [0.25, 0.3) is 5.91 Å². The number of fused-ring (bicyclic) bond motifs is 1. The van der Waals surface area contributed by atoms with Crippen molar-refractivity contribution < 1.29 is 14.3 Å². The first-order valence-corrected chi connectivity index (χ1v) is 7.69. The van der Waals surface area contributed by atoms with Crippen LogP contribution in [-0.2, 0) is 0 Å². The molecule has 0 radical (unpaired) electrons. The third-order valence-corrected chi connectivity index (χ3v) is 3.61. The van der Waals surface area contributed by atoms with Gasteiger partial charge in [-0.1, -0.05) is 39.0 Å². The molecule has 5 nitrogen and oxygen atoms in total. The van der Waals surface area contributed by atoms with Crippen LogP contribution in [0.4, 0.5) is 5.69 Å². The molecule has 0 spiro atoms. The van der Waals surface area contributed by atoms with Crippen molar-refractivity contribution in [2.45, 2.75) is 45.4 Å². The van der Waals surface area contributed by atoms with E-state index in [1.54, 1.807) is 12.1 Å². The zero-order chi connectivity index (χ0) is 15.1. The van der Waals surface area contributed by atoms with Crippen LogP contribution in [0.15, 0.2) is 12.1 Å². The lowest BCUT2D eigenvalue weighted by Gasteiger charge is -2.08. The Kier molecular flexibility index (Phi) is 5.72. The van der Waals surface area contributed by atoms with Crippen molar-refractivity contribution in [3.63, 3.8) is 0 Å². The van der Waals surface area contributed by atoms with Gasteiger partial charge in [-0.2, -0.15) is 0 Å². The molecule has 1 aromatic rings. The number of hydrogen-bond donors (Lipinski definition) is 2. The minimum Gasteiger partial charge on any atom is -0.454 e. The quantitative estimate of drug-likeness (QED) is 0.570. The molecule has 0 atom stereocenters. The summed E-state index contributed by atoms with van der Waals surface area (Å²) in [5.74, 6) is 1.02. The Morgan fingerprint density at radius 3 is 2.57 bits per heavy atom. The van der Waals surface area contributed by atoms with Crippen molar-refractivity contribution in [1.82, 2.24) is 5.32 Å². The number of carbonyl (C=O) groups is 1. The molecule has 0 saturated heterocycles. The standard InChI is InChI=1S/C16H24N2O3/c1-2-3-4-5-6-7-8-18-16(19)12-9-14-15(10-13(12)17)21-11-20-14/h9-10H,2-8,11,17H2,1H3,(H,18,19). The lowest BCUT2D eigenvalue weighted by atomic mass is 10.1. The van der Waals surface area contributed by atoms with Crippen LogP contribution in [0.5, 0.6) is 11.5 Å². The second-order valence-electron chi connectivity index (χ2n) is 5.32. The number of benzene rings is 1. The summed E-state index contributed by atoms with van der Waals surface area (Å²) in [6.45, 7) is 3.06. The molecule has 5 heteroatoms. The van der Waals surface area contributed by atoms with Crippen molar-refractivity contribution in [2.24, 2.45) is 0 Å². The van der Waals surface area contributed by atoms with Gasteiger partial charge in [-0.15, -0.1) is 0 Å². The van der Waals surface area contributed by atoms with Crippen LogP contribution in [0, 0.1) is 0 Å². The minimum absolute atomic E-state index is 0.153. The molecule has 2 rings (SSSR count). The van der Waals surface area contributed by atoms with Crippen LogP contribution in [0.2, 0.25) is 0 Å². The van der Waals surface area contributed by atoms with Gasteiger partial charge >= 0.3 is 0 Å². The van der Waals surface area contributed by atoms with E-state index < -0.39 is 0 Å². The molecule has 1 aliphatic rings. The van der Waals surface area contributed by atoms with Gasteiger partial charge in [0.05, 0.1) is 5.56 Å². The summed E-state index contributed by atoms with van der Waals surface area (Å²) in [6.07, 6.45) is 7.20. The van der Waals surface area contributed by atoms with E-state index in [-0.39, 0.29) is 12.7 Å². The second kappa shape index (κ2) is 7.76. The molecule has 0 bridgehead atoms. The topological polar surface area (TPSA) is 73.6 Å². The maximum atomic E-state index is 12.1. The van der Waals surface area contributed by atoms with Gasteiger partial charge in [-0.3, -0.25) is 4.79 Å². The van der Waals surface area contributed by atoms with Crippen LogP contribution < -0.4 is 20.5 Å². The molecule has 1 aromatic carbocycles. The maximum absolute atomic E-state index is 12.1. The predicted octanol–water partition coefficient (Wildman–Crippen LogP) is 3.09. The molecular weight excluding hydrogens is 268 g/mol. The third-order valence-electron chi connectivity index (χ3n) is 3.61. The van der Waals surface area contributed by atoms with E-state index in [2.05, 4.69) is 12.2 Å². The summed E-state index contributed by atoms with van der Waals surface area (Å²) in [5, 5.41) is 2.91. The number of nitrogens with one attached hydrogen (secondary N) is 1. The predicted molar refractivity (Wildman–Crippen MR) is 82.7 cm³/mol. The van der Waals surface area contributed by atoms with E-state index in [1.807, 2.05) is 0 Å². The van der Waals surface area contributed by atoms with Gasteiger partial charge < -0.3 is 20.5 Å². The number of nitrogens with two attached hydrogens (primary N) is 1. The first kappa shape index (κ1) is 15.5. The summed E-state index contributed by atoms with van der Waals surface area (Å²) in [5.41, 5.74) is 6.75. The first-order chi connectivity index (χ1) is 10.2. The average Bonchev–Trinajstić information content (AvgIpc) is 2.92. The Hall–Kier alpha value is -1.91. The highest BCUT2D eigenvalue weighted by Gasteiger charge is 2.19. The molecule has 0 aliphatic carbocycles. The van der Waals surface area contributed by atoms with E-state index in [0.29, 0.717) is 29.3 Å². The highest BCUT2D eigenvalue weighted by Crippen LogP contribution is 2.35. The Bertz CT molecular complexity index is 489. The number of anilines is 1. The number of hydrogen-bond acceptors (Lipinski definition) is 4. The van der Waals surface area contributed by atoms with Gasteiger partial charge in [-0.05, 0) is 12.5 Å². The highest BCUT2D eigenvalue weighted by molar-refractivity contribution is 6.00. The smallest absolute Gasteiger partial charge is 0.253 e. The van der Waals surface area contributed by atoms with Crippen LogP contribution >= 0.6 is 0 Å². The number of nitrogen functional groups attached to an aromatic ring is 1. The van der Waals surface area contributed by atoms with Gasteiger partial charge in [0.1, 0.15) is 0 Å². The fourth-order valence-corrected chi connectivity index (χ4v) is 2.36. The van der Waals surface area contributed by atoms with Crippen molar-refractivity contribution >= 4 is 11.6 Å². The monoisotopic (exact) mass is 292 g/mol.